The van der Waals surface area contributed by atoms with Gasteiger partial charge < -0.3 is 4.98 Å². The lowest BCUT2D eigenvalue weighted by Crippen LogP contribution is -2.09. The van der Waals surface area contributed by atoms with Gasteiger partial charge in [-0.15, -0.1) is 11.3 Å². The third kappa shape index (κ3) is 2.51. The lowest BCUT2D eigenvalue weighted by atomic mass is 10.2. The first-order valence-electron chi connectivity index (χ1n) is 6.74. The summed E-state index contributed by atoms with van der Waals surface area (Å²) in [6, 6.07) is 13.9. The first kappa shape index (κ1) is 13.5. The normalized spacial score (nSPS) is 11.3. The predicted octanol–water partition coefficient (Wildman–Crippen LogP) is 3.83. The Kier molecular flexibility index (Phi) is 3.40. The molecule has 6 heteroatoms. The average molecular weight is 325 g/mol. The molecule has 1 aromatic carbocycles. The molecule has 0 aliphatic carbocycles. The number of hydrogen-bond donors (Lipinski definition) is 1. The summed E-state index contributed by atoms with van der Waals surface area (Å²) < 4.78 is 0.678. The van der Waals surface area contributed by atoms with E-state index < -0.39 is 0 Å². The fourth-order valence-corrected chi connectivity index (χ4v) is 3.73. The molecule has 0 atom stereocenters. The predicted molar refractivity (Wildman–Crippen MR) is 91.5 cm³/mol. The molecule has 0 amide bonds. The van der Waals surface area contributed by atoms with Gasteiger partial charge in [0.1, 0.15) is 10.5 Å². The average Bonchev–Trinajstić information content (AvgIpc) is 3.02. The van der Waals surface area contributed by atoms with Gasteiger partial charge in [0.15, 0.2) is 0 Å². The number of H-pyrrole nitrogens is 1. The van der Waals surface area contributed by atoms with Gasteiger partial charge >= 0.3 is 0 Å². The van der Waals surface area contributed by atoms with Crippen LogP contribution >= 0.6 is 23.1 Å². The largest absolute Gasteiger partial charge is 0.309 e. The number of fused-ring (bicyclic) bond motifs is 2. The van der Waals surface area contributed by atoms with Crippen LogP contribution in [0.25, 0.3) is 21.1 Å². The molecule has 0 aliphatic rings. The number of hydrogen-bond acceptors (Lipinski definition) is 5. The Morgan fingerprint density at radius 2 is 1.95 bits per heavy atom. The van der Waals surface area contributed by atoms with Crippen LogP contribution in [0.15, 0.2) is 57.7 Å². The fraction of sp³-hybridized carbons (Fsp3) is 0.0625. The highest BCUT2D eigenvalue weighted by Gasteiger charge is 2.06. The maximum atomic E-state index is 11.9. The molecule has 0 aliphatic heterocycles. The second-order valence-corrected chi connectivity index (χ2v) is 6.69. The summed E-state index contributed by atoms with van der Waals surface area (Å²) >= 11 is 2.98. The number of rotatable bonds is 3. The number of aromatic nitrogens is 3. The molecule has 3 heterocycles. The zero-order valence-electron chi connectivity index (χ0n) is 11.4. The van der Waals surface area contributed by atoms with Gasteiger partial charge in [0.2, 0.25) is 0 Å². The van der Waals surface area contributed by atoms with Crippen LogP contribution in [0.5, 0.6) is 0 Å². The molecule has 0 fully saturated rings. The fourth-order valence-electron chi connectivity index (χ4n) is 2.26. The van der Waals surface area contributed by atoms with Crippen molar-refractivity contribution in [2.24, 2.45) is 0 Å². The number of benzene rings is 1. The van der Waals surface area contributed by atoms with Crippen molar-refractivity contribution in [3.8, 4) is 0 Å². The molecule has 0 saturated carbocycles. The summed E-state index contributed by atoms with van der Waals surface area (Å²) in [5, 5.41) is 3.93. The molecule has 4 rings (SSSR count). The summed E-state index contributed by atoms with van der Waals surface area (Å²) in [6.07, 6.45) is 0. The van der Waals surface area contributed by atoms with E-state index >= 15 is 0 Å². The van der Waals surface area contributed by atoms with E-state index in [9.17, 15) is 4.79 Å². The highest BCUT2D eigenvalue weighted by Crippen LogP contribution is 2.23. The third-order valence-corrected chi connectivity index (χ3v) is 5.14. The zero-order chi connectivity index (χ0) is 14.9. The summed E-state index contributed by atoms with van der Waals surface area (Å²) in [7, 11) is 0. The quantitative estimate of drug-likeness (QED) is 0.582. The molecule has 0 radical (unpaired) electrons. The summed E-state index contributed by atoms with van der Waals surface area (Å²) in [5.41, 5.74) is 1.67. The molecule has 22 heavy (non-hydrogen) atoms. The van der Waals surface area contributed by atoms with Crippen LogP contribution in [-0.2, 0) is 5.75 Å². The van der Waals surface area contributed by atoms with Gasteiger partial charge in [0.05, 0.1) is 21.8 Å². The van der Waals surface area contributed by atoms with Gasteiger partial charge in [0.25, 0.3) is 5.56 Å². The maximum Gasteiger partial charge on any atom is 0.268 e. The highest BCUT2D eigenvalue weighted by molar-refractivity contribution is 7.98. The number of aromatic amines is 1. The molecule has 0 saturated heterocycles. The molecule has 4 nitrogen and oxygen atoms in total. The van der Waals surface area contributed by atoms with E-state index in [4.69, 9.17) is 0 Å². The Balaban J connectivity index is 1.60. The number of nitrogens with zero attached hydrogens (tertiary/aromatic N) is 2. The van der Waals surface area contributed by atoms with Gasteiger partial charge in [0, 0.05) is 5.39 Å². The third-order valence-electron chi connectivity index (χ3n) is 3.29. The van der Waals surface area contributed by atoms with E-state index in [1.165, 1.54) is 11.3 Å². The van der Waals surface area contributed by atoms with Gasteiger partial charge in [-0.2, -0.15) is 0 Å². The van der Waals surface area contributed by atoms with Crippen molar-refractivity contribution in [2.75, 3.05) is 0 Å². The molecular formula is C16H11N3OS2. The van der Waals surface area contributed by atoms with Crippen molar-refractivity contribution < 1.29 is 0 Å². The van der Waals surface area contributed by atoms with E-state index in [1.807, 2.05) is 41.8 Å². The molecule has 0 spiro atoms. The van der Waals surface area contributed by atoms with Crippen LogP contribution < -0.4 is 5.56 Å². The first-order chi connectivity index (χ1) is 10.8. The molecule has 1 N–H and O–H groups in total. The van der Waals surface area contributed by atoms with Crippen LogP contribution in [0, 0.1) is 0 Å². The van der Waals surface area contributed by atoms with E-state index in [0.717, 1.165) is 21.4 Å². The number of para-hydroxylation sites is 1. The van der Waals surface area contributed by atoms with Crippen LogP contribution in [0.2, 0.25) is 0 Å². The first-order valence-corrected chi connectivity index (χ1v) is 8.61. The van der Waals surface area contributed by atoms with Crippen LogP contribution in [0.1, 0.15) is 5.82 Å². The van der Waals surface area contributed by atoms with Gasteiger partial charge in [-0.1, -0.05) is 36.0 Å². The van der Waals surface area contributed by atoms with E-state index in [0.29, 0.717) is 16.3 Å². The highest BCUT2D eigenvalue weighted by atomic mass is 32.2. The minimum absolute atomic E-state index is 0.0675. The smallest absolute Gasteiger partial charge is 0.268 e. The zero-order valence-corrected chi connectivity index (χ0v) is 13.1. The monoisotopic (exact) mass is 325 g/mol. The van der Waals surface area contributed by atoms with Crippen molar-refractivity contribution in [3.63, 3.8) is 0 Å². The molecule has 0 bridgehead atoms. The lowest BCUT2D eigenvalue weighted by molar-refractivity contribution is 1.04. The Morgan fingerprint density at radius 3 is 2.91 bits per heavy atom. The SMILES string of the molecule is O=c1[nH]c(CSc2ccc3ccccc3n2)nc2ccsc12. The maximum absolute atomic E-state index is 11.9. The van der Waals surface area contributed by atoms with Crippen LogP contribution in [0.3, 0.4) is 0 Å². The minimum atomic E-state index is -0.0675. The van der Waals surface area contributed by atoms with Gasteiger partial charge in [-0.05, 0) is 23.6 Å². The van der Waals surface area contributed by atoms with Crippen LogP contribution in [0.4, 0.5) is 0 Å². The van der Waals surface area contributed by atoms with Crippen molar-refractivity contribution in [3.05, 3.63) is 64.0 Å². The summed E-state index contributed by atoms with van der Waals surface area (Å²) in [5.74, 6) is 1.27. The Bertz CT molecular complexity index is 1020. The molecular weight excluding hydrogens is 314 g/mol. The topological polar surface area (TPSA) is 58.6 Å². The molecule has 4 aromatic rings. The van der Waals surface area contributed by atoms with Crippen molar-refractivity contribution in [1.82, 2.24) is 15.0 Å². The van der Waals surface area contributed by atoms with Gasteiger partial charge in [-0.25, -0.2) is 9.97 Å². The van der Waals surface area contributed by atoms with Crippen molar-refractivity contribution in [1.29, 1.82) is 0 Å². The Morgan fingerprint density at radius 1 is 1.05 bits per heavy atom. The number of nitrogens with one attached hydrogen (secondary N) is 1. The van der Waals surface area contributed by atoms with E-state index in [1.54, 1.807) is 11.8 Å². The van der Waals surface area contributed by atoms with Crippen molar-refractivity contribution >= 4 is 44.2 Å². The minimum Gasteiger partial charge on any atom is -0.309 e. The summed E-state index contributed by atoms with van der Waals surface area (Å²) in [4.78, 5) is 23.9. The lowest BCUT2D eigenvalue weighted by Gasteiger charge is -2.03. The molecule has 3 aromatic heterocycles. The molecule has 0 unspecified atom stereocenters. The number of thioether (sulfide) groups is 1. The number of thiophene rings is 1. The standard InChI is InChI=1S/C16H11N3OS2/c20-16-15-12(7-8-21-15)17-13(19-16)9-22-14-6-5-10-3-1-2-4-11(10)18-14/h1-8H,9H2,(H,17,19,20). The Hall–Kier alpha value is -2.18. The Labute approximate surface area is 134 Å². The van der Waals surface area contributed by atoms with E-state index in [2.05, 4.69) is 21.0 Å². The molecule has 108 valence electrons. The van der Waals surface area contributed by atoms with Gasteiger partial charge in [-0.3, -0.25) is 4.79 Å². The second-order valence-electron chi connectivity index (χ2n) is 4.78. The second kappa shape index (κ2) is 5.55. The number of pyridine rings is 1. The van der Waals surface area contributed by atoms with Crippen LogP contribution in [-0.4, -0.2) is 15.0 Å². The van der Waals surface area contributed by atoms with E-state index in [-0.39, 0.29) is 5.56 Å². The summed E-state index contributed by atoms with van der Waals surface area (Å²) in [6.45, 7) is 0. The van der Waals surface area contributed by atoms with Crippen molar-refractivity contribution in [2.45, 2.75) is 10.8 Å².